The number of rotatable bonds is 7. The van der Waals surface area contributed by atoms with E-state index in [1.165, 1.54) is 12.1 Å². The summed E-state index contributed by atoms with van der Waals surface area (Å²) in [5.74, 6) is 0.351. The molecule has 1 aliphatic heterocycles. The number of hydrogen-bond donors (Lipinski definition) is 3. The first-order chi connectivity index (χ1) is 15.6. The monoisotopic (exact) mass is 449 g/mol. The van der Waals surface area contributed by atoms with Gasteiger partial charge in [-0.3, -0.25) is 0 Å². The average Bonchev–Trinajstić information content (AvgIpc) is 3.01. The van der Waals surface area contributed by atoms with Crippen molar-refractivity contribution in [3.8, 4) is 0 Å². The third kappa shape index (κ3) is 5.19. The van der Waals surface area contributed by atoms with Gasteiger partial charge < -0.3 is 25.0 Å². The SMILES string of the molecule is CC1(C)OB(c2ccccc2CNc2ccc(C(O)Nc3ccc(F)cc3)cn2)OC1(C)C. The number of hydrogen-bond acceptors (Lipinski definition) is 6. The van der Waals surface area contributed by atoms with Gasteiger partial charge in [-0.25, -0.2) is 9.37 Å². The minimum Gasteiger partial charge on any atom is -0.399 e. The standard InChI is InChI=1S/C25H29BFN3O3/c1-24(2)25(3,4)33-26(32-24)21-8-6-5-7-17(21)15-28-22-14-9-18(16-29-22)23(31)30-20-12-10-19(27)11-13-20/h5-14,16,23,30-31H,15H2,1-4H3,(H,28,29). The van der Waals surface area contributed by atoms with Crippen LogP contribution in [0.2, 0.25) is 0 Å². The molecule has 0 saturated carbocycles. The normalized spacial score (nSPS) is 17.6. The zero-order valence-corrected chi connectivity index (χ0v) is 19.3. The van der Waals surface area contributed by atoms with Crippen LogP contribution in [0.4, 0.5) is 15.9 Å². The van der Waals surface area contributed by atoms with Crippen molar-refractivity contribution in [1.29, 1.82) is 0 Å². The molecule has 8 heteroatoms. The van der Waals surface area contributed by atoms with E-state index in [2.05, 4.69) is 15.6 Å². The number of aliphatic hydroxyl groups is 1. The molecule has 33 heavy (non-hydrogen) atoms. The van der Waals surface area contributed by atoms with E-state index in [9.17, 15) is 9.50 Å². The lowest BCUT2D eigenvalue weighted by Crippen LogP contribution is -2.41. The molecule has 3 aromatic rings. The molecule has 172 valence electrons. The Bertz CT molecular complexity index is 1070. The van der Waals surface area contributed by atoms with Gasteiger partial charge in [0.2, 0.25) is 0 Å². The Morgan fingerprint density at radius 3 is 2.27 bits per heavy atom. The molecule has 2 heterocycles. The van der Waals surface area contributed by atoms with E-state index in [1.54, 1.807) is 24.4 Å². The van der Waals surface area contributed by atoms with Crippen molar-refractivity contribution < 1.29 is 18.8 Å². The summed E-state index contributed by atoms with van der Waals surface area (Å²) >= 11 is 0. The second-order valence-electron chi connectivity index (χ2n) is 9.17. The summed E-state index contributed by atoms with van der Waals surface area (Å²) in [6.07, 6.45) is 0.644. The fourth-order valence-electron chi connectivity index (χ4n) is 3.54. The molecule has 1 fully saturated rings. The summed E-state index contributed by atoms with van der Waals surface area (Å²) in [7, 11) is -0.434. The lowest BCUT2D eigenvalue weighted by Gasteiger charge is -2.32. The maximum atomic E-state index is 13.0. The molecular weight excluding hydrogens is 420 g/mol. The van der Waals surface area contributed by atoms with Crippen LogP contribution < -0.4 is 16.1 Å². The highest BCUT2D eigenvalue weighted by Gasteiger charge is 2.52. The maximum Gasteiger partial charge on any atom is 0.495 e. The summed E-state index contributed by atoms with van der Waals surface area (Å²) < 4.78 is 25.5. The molecule has 1 unspecified atom stereocenters. The highest BCUT2D eigenvalue weighted by molar-refractivity contribution is 6.62. The molecule has 1 saturated heterocycles. The molecule has 0 bridgehead atoms. The van der Waals surface area contributed by atoms with Gasteiger partial charge in [-0.15, -0.1) is 0 Å². The van der Waals surface area contributed by atoms with Crippen molar-refractivity contribution in [2.24, 2.45) is 0 Å². The van der Waals surface area contributed by atoms with Gasteiger partial charge in [0.25, 0.3) is 0 Å². The first kappa shape index (κ1) is 23.2. The molecule has 2 aromatic carbocycles. The van der Waals surface area contributed by atoms with Gasteiger partial charge in [0.1, 0.15) is 11.6 Å². The van der Waals surface area contributed by atoms with Gasteiger partial charge >= 0.3 is 7.12 Å². The van der Waals surface area contributed by atoms with Crippen molar-refractivity contribution in [2.75, 3.05) is 10.6 Å². The summed E-state index contributed by atoms with van der Waals surface area (Å²) in [5.41, 5.74) is 2.45. The number of halogens is 1. The van der Waals surface area contributed by atoms with Gasteiger partial charge in [-0.1, -0.05) is 24.3 Å². The number of nitrogens with one attached hydrogen (secondary N) is 2. The predicted molar refractivity (Wildman–Crippen MR) is 129 cm³/mol. The largest absolute Gasteiger partial charge is 0.495 e. The Kier molecular flexibility index (Phi) is 6.43. The molecule has 1 aromatic heterocycles. The molecule has 3 N–H and O–H groups in total. The molecule has 0 aliphatic carbocycles. The van der Waals surface area contributed by atoms with Gasteiger partial charge in [-0.05, 0) is 75.1 Å². The first-order valence-electron chi connectivity index (χ1n) is 11.0. The summed E-state index contributed by atoms with van der Waals surface area (Å²) in [6, 6.07) is 17.4. The smallest absolute Gasteiger partial charge is 0.399 e. The first-order valence-corrected chi connectivity index (χ1v) is 11.0. The topological polar surface area (TPSA) is 75.6 Å². The average molecular weight is 449 g/mol. The van der Waals surface area contributed by atoms with Gasteiger partial charge in [0, 0.05) is 24.0 Å². The third-order valence-electron chi connectivity index (χ3n) is 6.27. The lowest BCUT2D eigenvalue weighted by atomic mass is 9.76. The highest BCUT2D eigenvalue weighted by Crippen LogP contribution is 2.36. The van der Waals surface area contributed by atoms with E-state index in [4.69, 9.17) is 9.31 Å². The van der Waals surface area contributed by atoms with Gasteiger partial charge in [0.15, 0.2) is 6.23 Å². The Morgan fingerprint density at radius 1 is 0.970 bits per heavy atom. The fraction of sp³-hybridized carbons (Fsp3) is 0.320. The van der Waals surface area contributed by atoms with E-state index < -0.39 is 24.5 Å². The van der Waals surface area contributed by atoms with Gasteiger partial charge in [-0.2, -0.15) is 0 Å². The summed E-state index contributed by atoms with van der Waals surface area (Å²) in [6.45, 7) is 8.71. The molecule has 1 atom stereocenters. The quantitative estimate of drug-likeness (QED) is 0.370. The Balaban J connectivity index is 1.40. The van der Waals surface area contributed by atoms with Crippen molar-refractivity contribution in [2.45, 2.75) is 51.7 Å². The second-order valence-corrected chi connectivity index (χ2v) is 9.17. The van der Waals surface area contributed by atoms with E-state index in [-0.39, 0.29) is 5.82 Å². The zero-order valence-electron chi connectivity index (χ0n) is 19.3. The molecule has 6 nitrogen and oxygen atoms in total. The molecule has 0 radical (unpaired) electrons. The Labute approximate surface area is 194 Å². The molecule has 0 amide bonds. The number of aliphatic hydroxyl groups excluding tert-OH is 1. The predicted octanol–water partition coefficient (Wildman–Crippen LogP) is 4.24. The molecule has 0 spiro atoms. The van der Waals surface area contributed by atoms with Crippen molar-refractivity contribution in [3.63, 3.8) is 0 Å². The Hall–Kier alpha value is -2.94. The van der Waals surface area contributed by atoms with E-state index in [0.717, 1.165) is 11.0 Å². The van der Waals surface area contributed by atoms with Crippen molar-refractivity contribution in [1.82, 2.24) is 4.98 Å². The minimum atomic E-state index is -0.957. The summed E-state index contributed by atoms with van der Waals surface area (Å²) in [4.78, 5) is 4.41. The van der Waals surface area contributed by atoms with Crippen LogP contribution in [0.5, 0.6) is 0 Å². The van der Waals surface area contributed by atoms with E-state index in [0.29, 0.717) is 23.6 Å². The van der Waals surface area contributed by atoms with Crippen LogP contribution in [0.3, 0.4) is 0 Å². The Morgan fingerprint density at radius 2 is 1.64 bits per heavy atom. The van der Waals surface area contributed by atoms with Crippen molar-refractivity contribution >= 4 is 24.1 Å². The molecule has 1 aliphatic rings. The van der Waals surface area contributed by atoms with Crippen LogP contribution >= 0.6 is 0 Å². The second kappa shape index (κ2) is 9.13. The van der Waals surface area contributed by atoms with Crippen molar-refractivity contribution in [3.05, 3.63) is 83.8 Å². The molecular formula is C25H29BFN3O3. The summed E-state index contributed by atoms with van der Waals surface area (Å²) in [5, 5.41) is 16.6. The van der Waals surface area contributed by atoms with Crippen LogP contribution in [0.15, 0.2) is 66.9 Å². The molecule has 4 rings (SSSR count). The fourth-order valence-corrected chi connectivity index (χ4v) is 3.54. The van der Waals surface area contributed by atoms with Crippen LogP contribution in [0, 0.1) is 5.82 Å². The van der Waals surface area contributed by atoms with Crippen LogP contribution in [-0.4, -0.2) is 28.4 Å². The van der Waals surface area contributed by atoms with E-state index in [1.807, 2.05) is 58.0 Å². The minimum absolute atomic E-state index is 0.327. The number of nitrogens with zero attached hydrogens (tertiary/aromatic N) is 1. The zero-order chi connectivity index (χ0) is 23.6. The van der Waals surface area contributed by atoms with E-state index >= 15 is 0 Å². The lowest BCUT2D eigenvalue weighted by molar-refractivity contribution is 0.00578. The number of anilines is 2. The van der Waals surface area contributed by atoms with Crippen LogP contribution in [-0.2, 0) is 15.9 Å². The number of pyridine rings is 1. The maximum absolute atomic E-state index is 13.0. The highest BCUT2D eigenvalue weighted by atomic mass is 19.1. The third-order valence-corrected chi connectivity index (χ3v) is 6.27. The van der Waals surface area contributed by atoms with Gasteiger partial charge in [0.05, 0.1) is 11.2 Å². The van der Waals surface area contributed by atoms with Crippen LogP contribution in [0.25, 0.3) is 0 Å². The number of aromatic nitrogens is 1. The van der Waals surface area contributed by atoms with Crippen LogP contribution in [0.1, 0.15) is 45.0 Å². The number of benzene rings is 2.